The van der Waals surface area contributed by atoms with Crippen LogP contribution in [0.25, 0.3) is 0 Å². The zero-order valence-electron chi connectivity index (χ0n) is 9.66. The number of anilines is 2. The Labute approximate surface area is 104 Å². The quantitative estimate of drug-likeness (QED) is 0.832. The molecule has 5 nitrogen and oxygen atoms in total. The molecule has 2 aromatic heterocycles. The Bertz CT molecular complexity index is 515. The molecule has 0 atom stereocenters. The third kappa shape index (κ3) is 2.85. The van der Waals surface area contributed by atoms with Crippen molar-refractivity contribution >= 4 is 23.4 Å². The van der Waals surface area contributed by atoms with Gasteiger partial charge in [0, 0.05) is 31.4 Å². The second-order valence-corrected chi connectivity index (χ2v) is 4.67. The minimum atomic E-state index is 0.655. The smallest absolute Gasteiger partial charge is 0.225 e. The summed E-state index contributed by atoms with van der Waals surface area (Å²) in [7, 11) is 3.81. The van der Waals surface area contributed by atoms with E-state index in [1.54, 1.807) is 18.6 Å². The molecule has 0 saturated carbocycles. The van der Waals surface area contributed by atoms with Crippen LogP contribution in [0.15, 0.2) is 40.6 Å². The fourth-order valence-corrected chi connectivity index (χ4v) is 1.99. The van der Waals surface area contributed by atoms with Crippen LogP contribution in [0, 0.1) is 0 Å². The fourth-order valence-electron chi connectivity index (χ4n) is 1.20. The predicted molar refractivity (Wildman–Crippen MR) is 69.1 cm³/mol. The van der Waals surface area contributed by atoms with E-state index >= 15 is 0 Å². The molecule has 2 aromatic rings. The minimum Gasteiger partial charge on any atom is -0.397 e. The fraction of sp³-hybridized carbons (Fsp3) is 0.182. The first kappa shape index (κ1) is 11.7. The van der Waals surface area contributed by atoms with Gasteiger partial charge in [-0.25, -0.2) is 9.97 Å². The van der Waals surface area contributed by atoms with Crippen LogP contribution < -0.4 is 10.6 Å². The monoisotopic (exact) mass is 247 g/mol. The van der Waals surface area contributed by atoms with Gasteiger partial charge in [0.2, 0.25) is 5.95 Å². The van der Waals surface area contributed by atoms with Crippen LogP contribution in [-0.2, 0) is 0 Å². The molecule has 0 radical (unpaired) electrons. The highest BCUT2D eigenvalue weighted by Crippen LogP contribution is 2.30. The molecule has 0 aliphatic rings. The van der Waals surface area contributed by atoms with Crippen LogP contribution in [0.3, 0.4) is 0 Å². The summed E-state index contributed by atoms with van der Waals surface area (Å²) in [4.78, 5) is 15.3. The zero-order chi connectivity index (χ0) is 12.3. The Hall–Kier alpha value is -1.82. The molecule has 17 heavy (non-hydrogen) atoms. The summed E-state index contributed by atoms with van der Waals surface area (Å²) in [6, 6.07) is 3.73. The van der Waals surface area contributed by atoms with E-state index in [-0.39, 0.29) is 0 Å². The van der Waals surface area contributed by atoms with Crippen molar-refractivity contribution in [1.29, 1.82) is 0 Å². The average Bonchev–Trinajstić information content (AvgIpc) is 2.32. The number of nitrogens with two attached hydrogens (primary N) is 1. The minimum absolute atomic E-state index is 0.655. The van der Waals surface area contributed by atoms with Crippen molar-refractivity contribution in [3.8, 4) is 0 Å². The van der Waals surface area contributed by atoms with Gasteiger partial charge in [0.15, 0.2) is 0 Å². The van der Waals surface area contributed by atoms with E-state index < -0.39 is 0 Å². The first-order chi connectivity index (χ1) is 8.16. The van der Waals surface area contributed by atoms with Crippen molar-refractivity contribution in [2.75, 3.05) is 24.7 Å². The van der Waals surface area contributed by atoms with Crippen molar-refractivity contribution in [3.05, 3.63) is 30.7 Å². The van der Waals surface area contributed by atoms with E-state index in [0.29, 0.717) is 11.6 Å². The molecule has 0 fully saturated rings. The first-order valence-electron chi connectivity index (χ1n) is 5.04. The van der Waals surface area contributed by atoms with E-state index in [1.807, 2.05) is 31.1 Å². The lowest BCUT2D eigenvalue weighted by molar-refractivity contribution is 0.950. The molecule has 0 bridgehead atoms. The molecule has 0 unspecified atom stereocenters. The largest absolute Gasteiger partial charge is 0.397 e. The second kappa shape index (κ2) is 5.01. The van der Waals surface area contributed by atoms with E-state index in [2.05, 4.69) is 15.0 Å². The van der Waals surface area contributed by atoms with E-state index in [4.69, 9.17) is 5.73 Å². The summed E-state index contributed by atoms with van der Waals surface area (Å²) in [5.74, 6) is 0.683. The number of hydrogen-bond donors (Lipinski definition) is 1. The average molecular weight is 247 g/mol. The van der Waals surface area contributed by atoms with Gasteiger partial charge in [-0.15, -0.1) is 0 Å². The Morgan fingerprint density at radius 1 is 1.24 bits per heavy atom. The maximum atomic E-state index is 5.83. The lowest BCUT2D eigenvalue weighted by Gasteiger charge is -2.10. The van der Waals surface area contributed by atoms with Gasteiger partial charge in [-0.2, -0.15) is 0 Å². The van der Waals surface area contributed by atoms with E-state index in [9.17, 15) is 0 Å². The summed E-state index contributed by atoms with van der Waals surface area (Å²) in [5, 5.41) is 0.863. The lowest BCUT2D eigenvalue weighted by Crippen LogP contribution is -2.12. The number of rotatable bonds is 3. The normalized spacial score (nSPS) is 10.2. The highest BCUT2D eigenvalue weighted by atomic mass is 32.2. The van der Waals surface area contributed by atoms with Crippen molar-refractivity contribution in [2.45, 2.75) is 9.92 Å². The third-order valence-corrected chi connectivity index (χ3v) is 3.07. The van der Waals surface area contributed by atoms with Gasteiger partial charge in [-0.3, -0.25) is 4.98 Å². The van der Waals surface area contributed by atoms with Crippen molar-refractivity contribution in [1.82, 2.24) is 15.0 Å². The molecule has 0 aliphatic heterocycles. The summed E-state index contributed by atoms with van der Waals surface area (Å²) >= 11 is 1.50. The first-order valence-corrected chi connectivity index (χ1v) is 5.86. The van der Waals surface area contributed by atoms with Crippen LogP contribution in [0.5, 0.6) is 0 Å². The lowest BCUT2D eigenvalue weighted by atomic mass is 10.4. The number of hydrogen-bond acceptors (Lipinski definition) is 6. The topological polar surface area (TPSA) is 67.9 Å². The molecular weight excluding hydrogens is 234 g/mol. The number of aromatic nitrogens is 3. The molecular formula is C11H13N5S. The maximum Gasteiger partial charge on any atom is 0.225 e. The third-order valence-electron chi connectivity index (χ3n) is 2.04. The van der Waals surface area contributed by atoms with Gasteiger partial charge < -0.3 is 10.6 Å². The zero-order valence-corrected chi connectivity index (χ0v) is 10.5. The maximum absolute atomic E-state index is 5.83. The highest BCUT2D eigenvalue weighted by Gasteiger charge is 2.05. The van der Waals surface area contributed by atoms with Gasteiger partial charge in [0.25, 0.3) is 0 Å². The van der Waals surface area contributed by atoms with Gasteiger partial charge in [-0.1, -0.05) is 11.8 Å². The van der Waals surface area contributed by atoms with Crippen LogP contribution in [0.4, 0.5) is 11.6 Å². The Morgan fingerprint density at radius 3 is 2.76 bits per heavy atom. The van der Waals surface area contributed by atoms with E-state index in [0.717, 1.165) is 9.92 Å². The van der Waals surface area contributed by atoms with Gasteiger partial charge in [0.05, 0.1) is 11.9 Å². The number of nitrogens with zero attached hydrogens (tertiary/aromatic N) is 4. The summed E-state index contributed by atoms with van der Waals surface area (Å²) in [5.41, 5.74) is 6.48. The molecule has 2 heterocycles. The van der Waals surface area contributed by atoms with Gasteiger partial charge in [0.1, 0.15) is 5.03 Å². The van der Waals surface area contributed by atoms with Crippen LogP contribution in [0.2, 0.25) is 0 Å². The van der Waals surface area contributed by atoms with Gasteiger partial charge >= 0.3 is 0 Å². The summed E-state index contributed by atoms with van der Waals surface area (Å²) in [6.07, 6.45) is 5.09. The Morgan fingerprint density at radius 2 is 2.06 bits per heavy atom. The number of nitrogen functional groups attached to an aromatic ring is 1. The van der Waals surface area contributed by atoms with Crippen molar-refractivity contribution < 1.29 is 0 Å². The molecule has 88 valence electrons. The SMILES string of the molecule is CN(C)c1nccc(Sc2ccncc2N)n1. The second-order valence-electron chi connectivity index (χ2n) is 3.60. The van der Waals surface area contributed by atoms with Crippen molar-refractivity contribution in [2.24, 2.45) is 0 Å². The highest BCUT2D eigenvalue weighted by molar-refractivity contribution is 7.99. The predicted octanol–water partition coefficient (Wildman–Crippen LogP) is 1.67. The molecule has 0 aliphatic carbocycles. The van der Waals surface area contributed by atoms with Crippen molar-refractivity contribution in [3.63, 3.8) is 0 Å². The van der Waals surface area contributed by atoms with Crippen LogP contribution in [-0.4, -0.2) is 29.0 Å². The summed E-state index contributed by atoms with van der Waals surface area (Å²) in [6.45, 7) is 0. The summed E-state index contributed by atoms with van der Waals surface area (Å²) < 4.78 is 0. The van der Waals surface area contributed by atoms with E-state index in [1.165, 1.54) is 11.8 Å². The van der Waals surface area contributed by atoms with Crippen LogP contribution in [0.1, 0.15) is 0 Å². The molecule has 6 heteroatoms. The molecule has 2 N–H and O–H groups in total. The standard InChI is InChI=1S/C11H13N5S/c1-16(2)11-14-6-4-10(15-11)17-9-3-5-13-7-8(9)12/h3-7H,12H2,1-2H3. The molecule has 0 spiro atoms. The Balaban J connectivity index is 2.25. The van der Waals surface area contributed by atoms with Crippen LogP contribution >= 0.6 is 11.8 Å². The molecule has 0 saturated heterocycles. The van der Waals surface area contributed by atoms with Gasteiger partial charge in [-0.05, 0) is 12.1 Å². The molecule has 0 aromatic carbocycles. The Kier molecular flexibility index (Phi) is 3.43. The molecule has 2 rings (SSSR count). The number of pyridine rings is 1. The molecule has 0 amide bonds.